The molecule has 136 valence electrons. The van der Waals surface area contributed by atoms with Crippen molar-refractivity contribution in [2.45, 2.75) is 33.2 Å². The van der Waals surface area contributed by atoms with E-state index in [9.17, 15) is 4.79 Å². The number of ether oxygens (including phenoxy) is 1. The van der Waals surface area contributed by atoms with Gasteiger partial charge < -0.3 is 9.30 Å². The van der Waals surface area contributed by atoms with E-state index in [0.29, 0.717) is 27.7 Å². The summed E-state index contributed by atoms with van der Waals surface area (Å²) in [6, 6.07) is 10.8. The van der Waals surface area contributed by atoms with E-state index >= 15 is 0 Å². The first kappa shape index (κ1) is 18.7. The normalized spacial score (nSPS) is 11.8. The maximum Gasteiger partial charge on any atom is 0.338 e. The van der Waals surface area contributed by atoms with Crippen LogP contribution < -0.4 is 0 Å². The molecule has 4 nitrogen and oxygen atoms in total. The summed E-state index contributed by atoms with van der Waals surface area (Å²) in [7, 11) is 0. The molecule has 0 atom stereocenters. The Kier molecular flexibility index (Phi) is 5.00. The number of hydrogen-bond donors (Lipinski definition) is 0. The third-order valence-electron chi connectivity index (χ3n) is 4.01. The van der Waals surface area contributed by atoms with Crippen molar-refractivity contribution in [3.63, 3.8) is 0 Å². The van der Waals surface area contributed by atoms with Crippen LogP contribution in [-0.4, -0.2) is 22.1 Å². The molecular weight excluding hydrogens is 371 g/mol. The van der Waals surface area contributed by atoms with Crippen LogP contribution in [0.1, 0.15) is 38.1 Å². The summed E-state index contributed by atoms with van der Waals surface area (Å²) in [6.45, 7) is 8.41. The van der Waals surface area contributed by atoms with E-state index in [1.807, 2.05) is 12.1 Å². The van der Waals surface area contributed by atoms with Gasteiger partial charge in [-0.2, -0.15) is 0 Å². The fourth-order valence-corrected chi connectivity index (χ4v) is 3.45. The average molecular weight is 391 g/mol. The number of nitrogens with zero attached hydrogens (tertiary/aromatic N) is 2. The van der Waals surface area contributed by atoms with Gasteiger partial charge >= 0.3 is 5.97 Å². The number of fused-ring (bicyclic) bond motifs is 1. The van der Waals surface area contributed by atoms with Crippen molar-refractivity contribution >= 4 is 40.2 Å². The van der Waals surface area contributed by atoms with Crippen LogP contribution in [0.25, 0.3) is 22.4 Å². The quantitative estimate of drug-likeness (QED) is 0.519. The van der Waals surface area contributed by atoms with Gasteiger partial charge in [0.15, 0.2) is 0 Å². The molecule has 0 spiro atoms. The molecule has 0 N–H and O–H groups in total. The summed E-state index contributed by atoms with van der Waals surface area (Å²) in [5.41, 5.74) is 2.67. The van der Waals surface area contributed by atoms with Crippen LogP contribution in [0.15, 0.2) is 36.4 Å². The Morgan fingerprint density at radius 3 is 2.50 bits per heavy atom. The van der Waals surface area contributed by atoms with Crippen LogP contribution in [0.5, 0.6) is 0 Å². The Bertz CT molecular complexity index is 987. The van der Waals surface area contributed by atoms with Gasteiger partial charge in [-0.1, -0.05) is 23.2 Å². The summed E-state index contributed by atoms with van der Waals surface area (Å²) >= 11 is 12.5. The molecule has 0 radical (unpaired) electrons. The Hall–Kier alpha value is -2.04. The van der Waals surface area contributed by atoms with Gasteiger partial charge in [0.2, 0.25) is 0 Å². The molecule has 0 aliphatic rings. The van der Waals surface area contributed by atoms with E-state index in [4.69, 9.17) is 32.9 Å². The monoisotopic (exact) mass is 390 g/mol. The number of rotatable bonds is 3. The van der Waals surface area contributed by atoms with Gasteiger partial charge in [0.25, 0.3) is 0 Å². The number of benzene rings is 2. The van der Waals surface area contributed by atoms with Crippen molar-refractivity contribution in [2.24, 2.45) is 0 Å². The molecule has 0 saturated carbocycles. The average Bonchev–Trinajstić information content (AvgIpc) is 2.93. The highest BCUT2D eigenvalue weighted by atomic mass is 35.5. The van der Waals surface area contributed by atoms with Gasteiger partial charge in [0, 0.05) is 16.1 Å². The molecule has 26 heavy (non-hydrogen) atoms. The van der Waals surface area contributed by atoms with E-state index in [-0.39, 0.29) is 11.5 Å². The standard InChI is InChI=1S/C20H20Cl2N2O2/c1-5-26-19(25)12-6-9-17-16(10-12)23-18(24(17)20(2,3)4)14-8-7-13(21)11-15(14)22/h6-11H,5H2,1-4H3. The topological polar surface area (TPSA) is 44.1 Å². The Morgan fingerprint density at radius 2 is 1.88 bits per heavy atom. The molecule has 6 heteroatoms. The van der Waals surface area contributed by atoms with Crippen molar-refractivity contribution < 1.29 is 9.53 Å². The summed E-state index contributed by atoms with van der Waals surface area (Å²) in [4.78, 5) is 16.8. The lowest BCUT2D eigenvalue weighted by atomic mass is 10.1. The minimum absolute atomic E-state index is 0.238. The number of aromatic nitrogens is 2. The molecule has 0 saturated heterocycles. The highest BCUT2D eigenvalue weighted by Crippen LogP contribution is 2.36. The zero-order valence-corrected chi connectivity index (χ0v) is 16.6. The van der Waals surface area contributed by atoms with E-state index < -0.39 is 0 Å². The summed E-state index contributed by atoms with van der Waals surface area (Å²) in [5.74, 6) is 0.376. The molecule has 0 unspecified atom stereocenters. The fourth-order valence-electron chi connectivity index (χ4n) is 2.95. The minimum atomic E-state index is -0.356. The predicted molar refractivity (Wildman–Crippen MR) is 106 cm³/mol. The second-order valence-corrected chi connectivity index (χ2v) is 7.83. The lowest BCUT2D eigenvalue weighted by Gasteiger charge is -2.25. The van der Waals surface area contributed by atoms with Crippen molar-refractivity contribution in [1.29, 1.82) is 0 Å². The first-order chi connectivity index (χ1) is 12.2. The Labute approximate surface area is 162 Å². The molecule has 3 aromatic rings. The largest absolute Gasteiger partial charge is 0.462 e. The van der Waals surface area contributed by atoms with Crippen LogP contribution in [-0.2, 0) is 10.3 Å². The molecule has 0 aliphatic heterocycles. The fraction of sp³-hybridized carbons (Fsp3) is 0.300. The van der Waals surface area contributed by atoms with Gasteiger partial charge in [0.1, 0.15) is 5.82 Å². The minimum Gasteiger partial charge on any atom is -0.462 e. The van der Waals surface area contributed by atoms with E-state index in [2.05, 4.69) is 25.3 Å². The van der Waals surface area contributed by atoms with Crippen LogP contribution >= 0.6 is 23.2 Å². The zero-order valence-electron chi connectivity index (χ0n) is 15.1. The molecule has 3 rings (SSSR count). The molecule has 0 bridgehead atoms. The lowest BCUT2D eigenvalue weighted by molar-refractivity contribution is 0.0526. The van der Waals surface area contributed by atoms with Gasteiger partial charge in [-0.25, -0.2) is 9.78 Å². The van der Waals surface area contributed by atoms with Gasteiger partial charge in [-0.3, -0.25) is 0 Å². The molecule has 0 amide bonds. The Balaban J connectivity index is 2.26. The van der Waals surface area contributed by atoms with E-state index in [0.717, 1.165) is 16.9 Å². The maximum atomic E-state index is 12.0. The smallest absolute Gasteiger partial charge is 0.338 e. The summed E-state index contributed by atoms with van der Waals surface area (Å²) < 4.78 is 7.21. The maximum absolute atomic E-state index is 12.0. The third kappa shape index (κ3) is 3.44. The van der Waals surface area contributed by atoms with Crippen LogP contribution in [0.4, 0.5) is 0 Å². The molecule has 0 aliphatic carbocycles. The third-order valence-corrected chi connectivity index (χ3v) is 4.56. The van der Waals surface area contributed by atoms with Crippen LogP contribution in [0, 0.1) is 0 Å². The highest BCUT2D eigenvalue weighted by molar-refractivity contribution is 6.36. The molecular formula is C20H20Cl2N2O2. The van der Waals surface area contributed by atoms with Gasteiger partial charge in [-0.15, -0.1) is 0 Å². The number of carbonyl (C=O) groups is 1. The number of halogens is 2. The van der Waals surface area contributed by atoms with Gasteiger partial charge in [-0.05, 0) is 64.1 Å². The highest BCUT2D eigenvalue weighted by Gasteiger charge is 2.24. The van der Waals surface area contributed by atoms with Crippen LogP contribution in [0.2, 0.25) is 10.0 Å². The number of hydrogen-bond acceptors (Lipinski definition) is 3. The van der Waals surface area contributed by atoms with Crippen LogP contribution in [0.3, 0.4) is 0 Å². The predicted octanol–water partition coefficient (Wildman–Crippen LogP) is 5.94. The van der Waals surface area contributed by atoms with Gasteiger partial charge in [0.05, 0.1) is 28.2 Å². The summed E-state index contributed by atoms with van der Waals surface area (Å²) in [5, 5.41) is 1.10. The molecule has 1 aromatic heterocycles. The molecule has 2 aromatic carbocycles. The Morgan fingerprint density at radius 1 is 1.15 bits per heavy atom. The molecule has 0 fully saturated rings. The SMILES string of the molecule is CCOC(=O)c1ccc2c(c1)nc(-c1ccc(Cl)cc1Cl)n2C(C)(C)C. The van der Waals surface area contributed by atoms with Crippen molar-refractivity contribution in [1.82, 2.24) is 9.55 Å². The van der Waals surface area contributed by atoms with Crippen molar-refractivity contribution in [3.05, 3.63) is 52.0 Å². The second kappa shape index (κ2) is 6.93. The second-order valence-electron chi connectivity index (χ2n) is 6.99. The zero-order chi connectivity index (χ0) is 19.1. The first-order valence-electron chi connectivity index (χ1n) is 8.38. The lowest BCUT2D eigenvalue weighted by Crippen LogP contribution is -2.22. The number of imidazole rings is 1. The van der Waals surface area contributed by atoms with Crippen molar-refractivity contribution in [2.75, 3.05) is 6.61 Å². The summed E-state index contributed by atoms with van der Waals surface area (Å²) in [6.07, 6.45) is 0. The van der Waals surface area contributed by atoms with E-state index in [1.54, 1.807) is 31.2 Å². The number of carbonyl (C=O) groups excluding carboxylic acids is 1. The first-order valence-corrected chi connectivity index (χ1v) is 9.13. The molecule has 1 heterocycles. The van der Waals surface area contributed by atoms with E-state index in [1.165, 1.54) is 0 Å². The van der Waals surface area contributed by atoms with Crippen molar-refractivity contribution in [3.8, 4) is 11.4 Å². The number of esters is 1.